The molecule has 1 aromatic rings. The Morgan fingerprint density at radius 3 is 2.61 bits per heavy atom. The lowest BCUT2D eigenvalue weighted by molar-refractivity contribution is -0.120. The number of hydrogen-bond acceptors (Lipinski definition) is 4. The average Bonchev–Trinajstić information content (AvgIpc) is 2.39. The van der Waals surface area contributed by atoms with Crippen LogP contribution in [0.5, 0.6) is 0 Å². The standard InChI is InChI=1S/C13H17NO4/c1-17-13(16)14-12(15)8-5-9-18-10-11-6-3-2-4-7-11/h2-4,6-7H,5,8-10H2,1H3,(H,14,15,16). The van der Waals surface area contributed by atoms with Crippen LogP contribution in [-0.2, 0) is 20.9 Å². The van der Waals surface area contributed by atoms with Crippen molar-refractivity contribution in [3.8, 4) is 0 Å². The van der Waals surface area contributed by atoms with Crippen molar-refractivity contribution in [2.45, 2.75) is 19.4 Å². The van der Waals surface area contributed by atoms with E-state index in [0.29, 0.717) is 19.6 Å². The number of alkyl carbamates (subject to hydrolysis) is 1. The molecule has 0 aliphatic carbocycles. The number of nitrogens with one attached hydrogen (secondary N) is 1. The third-order valence-corrected chi connectivity index (χ3v) is 2.23. The summed E-state index contributed by atoms with van der Waals surface area (Å²) in [5.41, 5.74) is 1.09. The number of methoxy groups -OCH3 is 1. The van der Waals surface area contributed by atoms with Crippen LogP contribution in [0.25, 0.3) is 0 Å². The topological polar surface area (TPSA) is 64.6 Å². The Kier molecular flexibility index (Phi) is 6.50. The molecule has 0 bridgehead atoms. The molecule has 2 amide bonds. The Labute approximate surface area is 106 Å². The second-order valence-electron chi connectivity index (χ2n) is 3.68. The Hall–Kier alpha value is -1.88. The molecule has 0 atom stereocenters. The molecule has 1 N–H and O–H groups in total. The molecule has 1 aromatic carbocycles. The number of rotatable bonds is 6. The summed E-state index contributed by atoms with van der Waals surface area (Å²) in [7, 11) is 1.21. The van der Waals surface area contributed by atoms with E-state index in [0.717, 1.165) is 5.56 Å². The maximum absolute atomic E-state index is 11.2. The van der Waals surface area contributed by atoms with Gasteiger partial charge in [0.1, 0.15) is 0 Å². The van der Waals surface area contributed by atoms with Gasteiger partial charge in [-0.05, 0) is 12.0 Å². The molecule has 98 valence electrons. The van der Waals surface area contributed by atoms with Gasteiger partial charge in [0.25, 0.3) is 0 Å². The van der Waals surface area contributed by atoms with E-state index in [9.17, 15) is 9.59 Å². The molecule has 0 unspecified atom stereocenters. The first-order valence-corrected chi connectivity index (χ1v) is 5.72. The molecule has 0 fully saturated rings. The molecule has 0 saturated heterocycles. The van der Waals surface area contributed by atoms with Crippen LogP contribution in [0.4, 0.5) is 4.79 Å². The molecule has 0 aliphatic heterocycles. The maximum atomic E-state index is 11.2. The highest BCUT2D eigenvalue weighted by atomic mass is 16.5. The van der Waals surface area contributed by atoms with Crippen LogP contribution >= 0.6 is 0 Å². The molecule has 0 radical (unpaired) electrons. The van der Waals surface area contributed by atoms with Crippen molar-refractivity contribution in [3.05, 3.63) is 35.9 Å². The molecule has 5 heteroatoms. The Bertz CT molecular complexity index is 378. The number of amides is 2. The lowest BCUT2D eigenvalue weighted by Crippen LogP contribution is -2.30. The van der Waals surface area contributed by atoms with Gasteiger partial charge in [-0.3, -0.25) is 10.1 Å². The van der Waals surface area contributed by atoms with Crippen molar-refractivity contribution in [1.29, 1.82) is 0 Å². The van der Waals surface area contributed by atoms with Gasteiger partial charge in [0.15, 0.2) is 0 Å². The van der Waals surface area contributed by atoms with Gasteiger partial charge in [0.2, 0.25) is 5.91 Å². The minimum Gasteiger partial charge on any atom is -0.453 e. The predicted octanol–water partition coefficient (Wildman–Crippen LogP) is 1.87. The van der Waals surface area contributed by atoms with Crippen LogP contribution in [0.3, 0.4) is 0 Å². The third kappa shape index (κ3) is 6.00. The van der Waals surface area contributed by atoms with Gasteiger partial charge in [-0.25, -0.2) is 4.79 Å². The monoisotopic (exact) mass is 251 g/mol. The number of ether oxygens (including phenoxy) is 2. The van der Waals surface area contributed by atoms with Gasteiger partial charge < -0.3 is 9.47 Å². The number of imide groups is 1. The molecule has 0 saturated carbocycles. The summed E-state index contributed by atoms with van der Waals surface area (Å²) in [6.45, 7) is 1.00. The van der Waals surface area contributed by atoms with Crippen LogP contribution in [0, 0.1) is 0 Å². The van der Waals surface area contributed by atoms with Gasteiger partial charge in [-0.15, -0.1) is 0 Å². The highest BCUT2D eigenvalue weighted by molar-refractivity contribution is 5.91. The van der Waals surface area contributed by atoms with Crippen molar-refractivity contribution in [3.63, 3.8) is 0 Å². The van der Waals surface area contributed by atoms with Crippen LogP contribution in [0.1, 0.15) is 18.4 Å². The summed E-state index contributed by atoms with van der Waals surface area (Å²) in [5.74, 6) is -0.356. The predicted molar refractivity (Wildman–Crippen MR) is 65.9 cm³/mol. The van der Waals surface area contributed by atoms with E-state index in [1.54, 1.807) is 0 Å². The van der Waals surface area contributed by atoms with Crippen molar-refractivity contribution >= 4 is 12.0 Å². The molecule has 0 heterocycles. The molecule has 0 aromatic heterocycles. The molecule has 5 nitrogen and oxygen atoms in total. The van der Waals surface area contributed by atoms with E-state index in [4.69, 9.17) is 4.74 Å². The molecule has 0 spiro atoms. The van der Waals surface area contributed by atoms with E-state index in [1.807, 2.05) is 30.3 Å². The number of carbonyl (C=O) groups excluding carboxylic acids is 2. The van der Waals surface area contributed by atoms with Gasteiger partial charge in [0, 0.05) is 13.0 Å². The zero-order valence-electron chi connectivity index (χ0n) is 10.3. The van der Waals surface area contributed by atoms with Crippen LogP contribution in [0.15, 0.2) is 30.3 Å². The maximum Gasteiger partial charge on any atom is 0.413 e. The number of hydrogen-bond donors (Lipinski definition) is 1. The van der Waals surface area contributed by atoms with E-state index in [2.05, 4.69) is 10.1 Å². The average molecular weight is 251 g/mol. The van der Waals surface area contributed by atoms with Crippen molar-refractivity contribution in [2.24, 2.45) is 0 Å². The molecule has 0 aliphatic rings. The van der Waals surface area contributed by atoms with Crippen molar-refractivity contribution in [1.82, 2.24) is 5.32 Å². The fraction of sp³-hybridized carbons (Fsp3) is 0.385. The second-order valence-corrected chi connectivity index (χ2v) is 3.68. The Balaban J connectivity index is 2.05. The molecule has 1 rings (SSSR count). The number of carbonyl (C=O) groups is 2. The van der Waals surface area contributed by atoms with Crippen molar-refractivity contribution in [2.75, 3.05) is 13.7 Å². The molecular formula is C13H17NO4. The molecule has 18 heavy (non-hydrogen) atoms. The fourth-order valence-corrected chi connectivity index (χ4v) is 1.33. The quantitative estimate of drug-likeness (QED) is 0.784. The Morgan fingerprint density at radius 2 is 1.94 bits per heavy atom. The normalized spacial score (nSPS) is 9.83. The minimum absolute atomic E-state index is 0.240. The lowest BCUT2D eigenvalue weighted by Gasteiger charge is -2.04. The summed E-state index contributed by atoms with van der Waals surface area (Å²) in [6, 6.07) is 9.79. The first-order chi connectivity index (χ1) is 8.72. The summed E-state index contributed by atoms with van der Waals surface area (Å²) in [4.78, 5) is 21.9. The lowest BCUT2D eigenvalue weighted by atomic mass is 10.2. The smallest absolute Gasteiger partial charge is 0.413 e. The fourth-order valence-electron chi connectivity index (χ4n) is 1.33. The van der Waals surface area contributed by atoms with Crippen LogP contribution in [-0.4, -0.2) is 25.7 Å². The van der Waals surface area contributed by atoms with Gasteiger partial charge in [-0.1, -0.05) is 30.3 Å². The van der Waals surface area contributed by atoms with Gasteiger partial charge in [-0.2, -0.15) is 0 Å². The van der Waals surface area contributed by atoms with E-state index in [1.165, 1.54) is 7.11 Å². The zero-order chi connectivity index (χ0) is 13.2. The van der Waals surface area contributed by atoms with Crippen LogP contribution < -0.4 is 5.32 Å². The van der Waals surface area contributed by atoms with E-state index in [-0.39, 0.29) is 12.3 Å². The highest BCUT2D eigenvalue weighted by Crippen LogP contribution is 2.01. The second kappa shape index (κ2) is 8.25. The summed E-state index contributed by atoms with van der Waals surface area (Å²) in [6.07, 6.45) is 0.0738. The number of benzene rings is 1. The Morgan fingerprint density at radius 1 is 1.22 bits per heavy atom. The summed E-state index contributed by atoms with van der Waals surface area (Å²) < 4.78 is 9.71. The minimum atomic E-state index is -0.731. The SMILES string of the molecule is COC(=O)NC(=O)CCCOCc1ccccc1. The summed E-state index contributed by atoms with van der Waals surface area (Å²) >= 11 is 0. The first kappa shape index (κ1) is 14.2. The van der Waals surface area contributed by atoms with Crippen LogP contribution in [0.2, 0.25) is 0 Å². The zero-order valence-corrected chi connectivity index (χ0v) is 10.3. The van der Waals surface area contributed by atoms with E-state index >= 15 is 0 Å². The van der Waals surface area contributed by atoms with Gasteiger partial charge >= 0.3 is 6.09 Å². The molecular weight excluding hydrogens is 234 g/mol. The largest absolute Gasteiger partial charge is 0.453 e. The van der Waals surface area contributed by atoms with Crippen molar-refractivity contribution < 1.29 is 19.1 Å². The highest BCUT2D eigenvalue weighted by Gasteiger charge is 2.06. The third-order valence-electron chi connectivity index (χ3n) is 2.23. The van der Waals surface area contributed by atoms with Gasteiger partial charge in [0.05, 0.1) is 13.7 Å². The first-order valence-electron chi connectivity index (χ1n) is 5.72. The van der Waals surface area contributed by atoms with E-state index < -0.39 is 6.09 Å². The summed E-state index contributed by atoms with van der Waals surface area (Å²) in [5, 5.41) is 2.08.